The fraction of sp³-hybridized carbons (Fsp3) is 0.154. The number of aromatic nitrogens is 4. The Kier molecular flexibility index (Phi) is 2.56. The Morgan fingerprint density at radius 3 is 2.89 bits per heavy atom. The highest BCUT2D eigenvalue weighted by molar-refractivity contribution is 5.89. The molecule has 0 unspecified atom stereocenters. The molecule has 0 saturated carbocycles. The minimum absolute atomic E-state index is 0.421. The number of hydrogen-bond acceptors (Lipinski definition) is 5. The Morgan fingerprint density at radius 1 is 1.32 bits per heavy atom. The molecule has 0 amide bonds. The van der Waals surface area contributed by atoms with E-state index in [0.29, 0.717) is 23.4 Å². The number of rotatable bonds is 2. The zero-order valence-corrected chi connectivity index (χ0v) is 10.5. The van der Waals surface area contributed by atoms with E-state index >= 15 is 0 Å². The molecule has 0 bridgehead atoms. The number of aryl methyl sites for hydroxylation is 1. The lowest BCUT2D eigenvalue weighted by molar-refractivity contribution is 0.767. The summed E-state index contributed by atoms with van der Waals surface area (Å²) in [4.78, 5) is 8.58. The Bertz CT molecular complexity index is 746. The molecule has 0 aliphatic rings. The highest BCUT2D eigenvalue weighted by Gasteiger charge is 2.08. The number of pyridine rings is 2. The van der Waals surface area contributed by atoms with Crippen LogP contribution in [-0.4, -0.2) is 19.7 Å². The average molecular weight is 254 g/mol. The molecule has 19 heavy (non-hydrogen) atoms. The van der Waals surface area contributed by atoms with Gasteiger partial charge in [0.05, 0.1) is 17.6 Å². The average Bonchev–Trinajstić information content (AvgIpc) is 2.77. The lowest BCUT2D eigenvalue weighted by Crippen LogP contribution is -2.02. The molecule has 0 aliphatic heterocycles. The van der Waals surface area contributed by atoms with E-state index in [0.717, 1.165) is 16.6 Å². The van der Waals surface area contributed by atoms with Crippen LogP contribution >= 0.6 is 0 Å². The molecule has 3 rings (SSSR count). The van der Waals surface area contributed by atoms with Gasteiger partial charge in [-0.15, -0.1) is 0 Å². The summed E-state index contributed by atoms with van der Waals surface area (Å²) in [6, 6.07) is 3.73. The predicted octanol–water partition coefficient (Wildman–Crippen LogP) is 1.12. The summed E-state index contributed by atoms with van der Waals surface area (Å²) in [5.74, 6) is 0.421. The number of hydrogen-bond donors (Lipinski definition) is 2. The fourth-order valence-electron chi connectivity index (χ4n) is 2.07. The molecule has 0 spiro atoms. The van der Waals surface area contributed by atoms with Crippen molar-refractivity contribution in [2.24, 2.45) is 7.05 Å². The molecule has 0 saturated heterocycles. The molecule has 6 nitrogen and oxygen atoms in total. The van der Waals surface area contributed by atoms with Crippen molar-refractivity contribution >= 4 is 22.4 Å². The highest BCUT2D eigenvalue weighted by Crippen LogP contribution is 2.23. The molecule has 0 aliphatic carbocycles. The summed E-state index contributed by atoms with van der Waals surface area (Å²) in [5, 5.41) is 5.04. The first-order valence-corrected chi connectivity index (χ1v) is 5.90. The van der Waals surface area contributed by atoms with E-state index < -0.39 is 0 Å². The first kappa shape index (κ1) is 11.5. The molecule has 0 radical (unpaired) electrons. The topological polar surface area (TPSA) is 95.6 Å². The number of anilines is 2. The molecule has 6 heteroatoms. The van der Waals surface area contributed by atoms with Gasteiger partial charge in [-0.05, 0) is 17.7 Å². The highest BCUT2D eigenvalue weighted by atomic mass is 15.2. The maximum absolute atomic E-state index is 6.04. The van der Waals surface area contributed by atoms with Crippen LogP contribution in [0.5, 0.6) is 0 Å². The molecule has 3 heterocycles. The summed E-state index contributed by atoms with van der Waals surface area (Å²) < 4.78 is 1.75. The summed E-state index contributed by atoms with van der Waals surface area (Å²) >= 11 is 0. The third-order valence-electron chi connectivity index (χ3n) is 3.00. The Hall–Kier alpha value is -2.63. The van der Waals surface area contributed by atoms with Crippen LogP contribution < -0.4 is 11.5 Å². The summed E-state index contributed by atoms with van der Waals surface area (Å²) in [6.45, 7) is 0. The Morgan fingerprint density at radius 2 is 2.16 bits per heavy atom. The van der Waals surface area contributed by atoms with Crippen LogP contribution in [0.25, 0.3) is 10.9 Å². The fourth-order valence-corrected chi connectivity index (χ4v) is 2.07. The SMILES string of the molecule is Cn1cc(Cc2nc3c(N)nccc3cc2N)cn1. The zero-order chi connectivity index (χ0) is 13.4. The largest absolute Gasteiger partial charge is 0.397 e. The minimum Gasteiger partial charge on any atom is -0.397 e. The van der Waals surface area contributed by atoms with Crippen LogP contribution in [0.4, 0.5) is 11.5 Å². The van der Waals surface area contributed by atoms with Gasteiger partial charge in [0.2, 0.25) is 0 Å². The van der Waals surface area contributed by atoms with Crippen LogP contribution in [0.2, 0.25) is 0 Å². The van der Waals surface area contributed by atoms with Gasteiger partial charge in [-0.25, -0.2) is 9.97 Å². The van der Waals surface area contributed by atoms with E-state index in [2.05, 4.69) is 15.1 Å². The molecule has 3 aromatic rings. The van der Waals surface area contributed by atoms with Crippen molar-refractivity contribution in [2.75, 3.05) is 11.5 Å². The van der Waals surface area contributed by atoms with Gasteiger partial charge in [-0.2, -0.15) is 5.10 Å². The normalized spacial score (nSPS) is 11.0. The Balaban J connectivity index is 2.08. The molecule has 96 valence electrons. The van der Waals surface area contributed by atoms with Gasteiger partial charge in [-0.1, -0.05) is 0 Å². The minimum atomic E-state index is 0.421. The van der Waals surface area contributed by atoms with E-state index in [-0.39, 0.29) is 0 Å². The number of nitrogen functional groups attached to an aromatic ring is 2. The smallest absolute Gasteiger partial charge is 0.149 e. The summed E-state index contributed by atoms with van der Waals surface area (Å²) in [5.41, 5.74) is 15.1. The van der Waals surface area contributed by atoms with Crippen LogP contribution in [0, 0.1) is 0 Å². The van der Waals surface area contributed by atoms with Crippen molar-refractivity contribution in [1.29, 1.82) is 0 Å². The number of nitrogens with zero attached hydrogens (tertiary/aromatic N) is 4. The molecular formula is C13H14N6. The molecule has 0 aromatic carbocycles. The van der Waals surface area contributed by atoms with Gasteiger partial charge in [0, 0.05) is 31.2 Å². The van der Waals surface area contributed by atoms with Gasteiger partial charge in [0.1, 0.15) is 11.3 Å². The first-order chi connectivity index (χ1) is 9.13. The van der Waals surface area contributed by atoms with E-state index in [4.69, 9.17) is 11.5 Å². The van der Waals surface area contributed by atoms with Crippen molar-refractivity contribution in [3.8, 4) is 0 Å². The summed E-state index contributed by atoms with van der Waals surface area (Å²) in [6.07, 6.45) is 6.03. The summed E-state index contributed by atoms with van der Waals surface area (Å²) in [7, 11) is 1.88. The van der Waals surface area contributed by atoms with E-state index in [9.17, 15) is 0 Å². The third-order valence-corrected chi connectivity index (χ3v) is 3.00. The molecule has 0 fully saturated rings. The molecular weight excluding hydrogens is 240 g/mol. The molecule has 3 aromatic heterocycles. The van der Waals surface area contributed by atoms with Crippen molar-refractivity contribution in [2.45, 2.75) is 6.42 Å². The van der Waals surface area contributed by atoms with Crippen molar-refractivity contribution in [3.05, 3.63) is 42.0 Å². The van der Waals surface area contributed by atoms with Gasteiger partial charge in [0.25, 0.3) is 0 Å². The van der Waals surface area contributed by atoms with Crippen molar-refractivity contribution in [1.82, 2.24) is 19.7 Å². The van der Waals surface area contributed by atoms with Gasteiger partial charge >= 0.3 is 0 Å². The zero-order valence-electron chi connectivity index (χ0n) is 10.5. The molecule has 4 N–H and O–H groups in total. The number of nitrogens with two attached hydrogens (primary N) is 2. The van der Waals surface area contributed by atoms with E-state index in [1.165, 1.54) is 0 Å². The van der Waals surface area contributed by atoms with Crippen LogP contribution in [0.3, 0.4) is 0 Å². The second-order valence-corrected chi connectivity index (χ2v) is 4.49. The lowest BCUT2D eigenvalue weighted by Gasteiger charge is -2.07. The second kappa shape index (κ2) is 4.24. The molecule has 0 atom stereocenters. The van der Waals surface area contributed by atoms with Gasteiger partial charge in [0.15, 0.2) is 0 Å². The van der Waals surface area contributed by atoms with E-state index in [1.807, 2.05) is 25.4 Å². The van der Waals surface area contributed by atoms with Crippen LogP contribution in [-0.2, 0) is 13.5 Å². The standard InChI is InChI=1S/C13H14N6/c1-19-7-8(6-17-19)4-11-10(14)5-9-2-3-16-13(15)12(9)18-11/h2-3,5-7H,4,14H2,1H3,(H2,15,16). The van der Waals surface area contributed by atoms with Gasteiger partial charge in [-0.3, -0.25) is 4.68 Å². The maximum Gasteiger partial charge on any atom is 0.149 e. The van der Waals surface area contributed by atoms with Crippen molar-refractivity contribution < 1.29 is 0 Å². The Labute approximate surface area is 110 Å². The lowest BCUT2D eigenvalue weighted by atomic mass is 10.1. The van der Waals surface area contributed by atoms with Crippen LogP contribution in [0.15, 0.2) is 30.7 Å². The quantitative estimate of drug-likeness (QED) is 0.714. The third kappa shape index (κ3) is 2.08. The predicted molar refractivity (Wildman–Crippen MR) is 74.4 cm³/mol. The van der Waals surface area contributed by atoms with Crippen LogP contribution in [0.1, 0.15) is 11.3 Å². The first-order valence-electron chi connectivity index (χ1n) is 5.90. The van der Waals surface area contributed by atoms with E-state index in [1.54, 1.807) is 17.1 Å². The monoisotopic (exact) mass is 254 g/mol. The van der Waals surface area contributed by atoms with Gasteiger partial charge < -0.3 is 11.5 Å². The van der Waals surface area contributed by atoms with Crippen molar-refractivity contribution in [3.63, 3.8) is 0 Å². The second-order valence-electron chi connectivity index (χ2n) is 4.49. The maximum atomic E-state index is 6.04. The number of fused-ring (bicyclic) bond motifs is 1.